The van der Waals surface area contributed by atoms with Crippen LogP contribution >= 0.6 is 11.5 Å². The summed E-state index contributed by atoms with van der Waals surface area (Å²) in [7, 11) is 0. The molecular weight excluding hydrogens is 208 g/mol. The first-order valence-electron chi connectivity index (χ1n) is 5.33. The molecule has 0 aliphatic heterocycles. The summed E-state index contributed by atoms with van der Waals surface area (Å²) in [4.78, 5) is 1.22. The van der Waals surface area contributed by atoms with Crippen LogP contribution in [0.4, 0.5) is 0 Å². The first kappa shape index (κ1) is 12.6. The average Bonchev–Trinajstić information content (AvgIpc) is 2.61. The minimum absolute atomic E-state index is 0.259. The summed E-state index contributed by atoms with van der Waals surface area (Å²) in [6.07, 6.45) is 0.758. The molecule has 0 aliphatic carbocycles. The fourth-order valence-corrected chi connectivity index (χ4v) is 1.95. The zero-order valence-corrected chi connectivity index (χ0v) is 10.7. The van der Waals surface area contributed by atoms with Crippen LogP contribution in [-0.4, -0.2) is 21.6 Å². The van der Waals surface area contributed by atoms with Gasteiger partial charge in [0.05, 0.1) is 11.3 Å². The predicted octanol–water partition coefficient (Wildman–Crippen LogP) is 2.26. The van der Waals surface area contributed by atoms with Gasteiger partial charge in [-0.05, 0) is 44.8 Å². The van der Waals surface area contributed by atoms with Crippen LogP contribution in [0.25, 0.3) is 0 Å². The van der Waals surface area contributed by atoms with Gasteiger partial charge in [0.25, 0.3) is 0 Å². The lowest BCUT2D eigenvalue weighted by Crippen LogP contribution is -2.38. The summed E-state index contributed by atoms with van der Waals surface area (Å²) in [6, 6.07) is 2.34. The lowest BCUT2D eigenvalue weighted by Gasteiger charge is -2.23. The number of nitrogens with zero attached hydrogens (tertiary/aromatic N) is 1. The zero-order valence-electron chi connectivity index (χ0n) is 9.87. The van der Waals surface area contributed by atoms with E-state index >= 15 is 0 Å². The number of aryl methyl sites for hydroxylation is 1. The van der Waals surface area contributed by atoms with Gasteiger partial charge in [-0.2, -0.15) is 4.37 Å². The molecule has 15 heavy (non-hydrogen) atoms. The monoisotopic (exact) mass is 228 g/mol. The molecule has 0 saturated carbocycles. The Bertz CT molecular complexity index is 309. The first-order chi connectivity index (χ1) is 6.94. The van der Waals surface area contributed by atoms with Gasteiger partial charge >= 0.3 is 0 Å². The van der Waals surface area contributed by atoms with Gasteiger partial charge in [-0.3, -0.25) is 0 Å². The van der Waals surface area contributed by atoms with Crippen LogP contribution < -0.4 is 5.32 Å². The maximum absolute atomic E-state index is 9.85. The highest BCUT2D eigenvalue weighted by Crippen LogP contribution is 2.19. The number of rotatable bonds is 5. The maximum Gasteiger partial charge on any atom is 0.0741 e. The first-order valence-corrected chi connectivity index (χ1v) is 6.11. The maximum atomic E-state index is 9.85. The Hall–Kier alpha value is -0.450. The van der Waals surface area contributed by atoms with Crippen LogP contribution in [-0.2, 0) is 0 Å². The fraction of sp³-hybridized carbons (Fsp3) is 0.727. The van der Waals surface area contributed by atoms with E-state index in [2.05, 4.69) is 22.7 Å². The summed E-state index contributed by atoms with van der Waals surface area (Å²) in [5.74, 6) is 0. The molecule has 1 rings (SSSR count). The highest BCUT2D eigenvalue weighted by atomic mass is 32.1. The van der Waals surface area contributed by atoms with Crippen LogP contribution in [0.1, 0.15) is 43.8 Å². The molecule has 0 radical (unpaired) electrons. The van der Waals surface area contributed by atoms with E-state index < -0.39 is 5.60 Å². The van der Waals surface area contributed by atoms with Crippen LogP contribution in [0.5, 0.6) is 0 Å². The van der Waals surface area contributed by atoms with Crippen LogP contribution in [0, 0.1) is 6.92 Å². The molecule has 2 N–H and O–H groups in total. The number of aromatic nitrogens is 1. The minimum Gasteiger partial charge on any atom is -0.389 e. The van der Waals surface area contributed by atoms with Crippen molar-refractivity contribution in [3.8, 4) is 0 Å². The zero-order chi connectivity index (χ0) is 11.5. The van der Waals surface area contributed by atoms with Gasteiger partial charge in [0.15, 0.2) is 0 Å². The van der Waals surface area contributed by atoms with Crippen LogP contribution in [0.2, 0.25) is 0 Å². The lowest BCUT2D eigenvalue weighted by molar-refractivity contribution is 0.0534. The van der Waals surface area contributed by atoms with Crippen molar-refractivity contribution in [1.29, 1.82) is 0 Å². The summed E-state index contributed by atoms with van der Waals surface area (Å²) in [6.45, 7) is 8.54. The summed E-state index contributed by atoms with van der Waals surface area (Å²) < 4.78 is 4.24. The molecule has 4 heteroatoms. The Morgan fingerprint density at radius 2 is 2.33 bits per heavy atom. The van der Waals surface area contributed by atoms with E-state index in [9.17, 15) is 5.11 Å². The molecule has 1 aromatic rings. The van der Waals surface area contributed by atoms with Crippen molar-refractivity contribution in [2.24, 2.45) is 0 Å². The SMILES string of the molecule is CCC(C)(O)CNC(C)c1cc(C)ns1. The minimum atomic E-state index is -0.617. The topological polar surface area (TPSA) is 45.1 Å². The van der Waals surface area contributed by atoms with Crippen molar-refractivity contribution < 1.29 is 5.11 Å². The highest BCUT2D eigenvalue weighted by Gasteiger charge is 2.19. The summed E-state index contributed by atoms with van der Waals surface area (Å²) in [5, 5.41) is 13.2. The molecule has 0 aliphatic rings. The Morgan fingerprint density at radius 3 is 2.80 bits per heavy atom. The number of hydrogen-bond acceptors (Lipinski definition) is 4. The molecular formula is C11H20N2OS. The van der Waals surface area contributed by atoms with Gasteiger partial charge < -0.3 is 10.4 Å². The molecule has 0 aromatic carbocycles. The van der Waals surface area contributed by atoms with E-state index in [1.54, 1.807) is 0 Å². The van der Waals surface area contributed by atoms with Crippen molar-refractivity contribution in [2.45, 2.75) is 45.8 Å². The largest absolute Gasteiger partial charge is 0.389 e. The van der Waals surface area contributed by atoms with E-state index in [4.69, 9.17) is 0 Å². The molecule has 0 fully saturated rings. The molecule has 86 valence electrons. The molecule has 3 nitrogen and oxygen atoms in total. The van der Waals surface area contributed by atoms with Gasteiger partial charge in [0.1, 0.15) is 0 Å². The second kappa shape index (κ2) is 5.05. The molecule has 0 saturated heterocycles. The Morgan fingerprint density at radius 1 is 1.67 bits per heavy atom. The molecule has 2 atom stereocenters. The predicted molar refractivity (Wildman–Crippen MR) is 64.2 cm³/mol. The van der Waals surface area contributed by atoms with Gasteiger partial charge in [-0.15, -0.1) is 0 Å². The van der Waals surface area contributed by atoms with Gasteiger partial charge in [0, 0.05) is 17.5 Å². The molecule has 2 unspecified atom stereocenters. The second-order valence-electron chi connectivity index (χ2n) is 4.32. The average molecular weight is 228 g/mol. The van der Waals surface area contributed by atoms with E-state index in [1.807, 2.05) is 20.8 Å². The van der Waals surface area contributed by atoms with E-state index in [0.717, 1.165) is 12.1 Å². The number of aliphatic hydroxyl groups is 1. The smallest absolute Gasteiger partial charge is 0.0741 e. The van der Waals surface area contributed by atoms with Crippen molar-refractivity contribution in [3.63, 3.8) is 0 Å². The normalized spacial score (nSPS) is 17.4. The van der Waals surface area contributed by atoms with E-state index in [1.165, 1.54) is 16.4 Å². The van der Waals surface area contributed by atoms with E-state index in [-0.39, 0.29) is 6.04 Å². The van der Waals surface area contributed by atoms with Crippen molar-refractivity contribution in [2.75, 3.05) is 6.54 Å². The standard InChI is InChI=1S/C11H20N2OS/c1-5-11(4,14)7-12-9(3)10-6-8(2)13-15-10/h6,9,12,14H,5,7H2,1-4H3. The fourth-order valence-electron chi connectivity index (χ4n) is 1.19. The molecule has 0 amide bonds. The molecule has 1 heterocycles. The number of hydrogen-bond donors (Lipinski definition) is 2. The van der Waals surface area contributed by atoms with Crippen molar-refractivity contribution in [1.82, 2.24) is 9.69 Å². The van der Waals surface area contributed by atoms with Crippen molar-refractivity contribution in [3.05, 3.63) is 16.6 Å². The third kappa shape index (κ3) is 3.89. The van der Waals surface area contributed by atoms with Crippen molar-refractivity contribution >= 4 is 11.5 Å². The highest BCUT2D eigenvalue weighted by molar-refractivity contribution is 7.05. The van der Waals surface area contributed by atoms with Gasteiger partial charge in [-0.1, -0.05) is 6.92 Å². The lowest BCUT2D eigenvalue weighted by atomic mass is 10.0. The number of nitrogens with one attached hydrogen (secondary N) is 1. The van der Waals surface area contributed by atoms with Crippen LogP contribution in [0.3, 0.4) is 0 Å². The quantitative estimate of drug-likeness (QED) is 0.812. The second-order valence-corrected chi connectivity index (χ2v) is 5.16. The molecule has 0 bridgehead atoms. The Balaban J connectivity index is 2.46. The summed E-state index contributed by atoms with van der Waals surface area (Å²) >= 11 is 1.52. The Labute approximate surface area is 95.7 Å². The molecule has 1 aromatic heterocycles. The summed E-state index contributed by atoms with van der Waals surface area (Å²) in [5.41, 5.74) is 0.444. The third-order valence-electron chi connectivity index (χ3n) is 2.62. The third-order valence-corrected chi connectivity index (χ3v) is 3.69. The van der Waals surface area contributed by atoms with Crippen LogP contribution in [0.15, 0.2) is 6.07 Å². The molecule has 0 spiro atoms. The Kier molecular flexibility index (Phi) is 4.25. The van der Waals surface area contributed by atoms with E-state index in [0.29, 0.717) is 6.54 Å². The van der Waals surface area contributed by atoms with Gasteiger partial charge in [0.2, 0.25) is 0 Å². The van der Waals surface area contributed by atoms with Gasteiger partial charge in [-0.25, -0.2) is 0 Å².